The van der Waals surface area contributed by atoms with Gasteiger partial charge in [-0.15, -0.1) is 0 Å². The topological polar surface area (TPSA) is 88.1 Å². The highest BCUT2D eigenvalue weighted by Crippen LogP contribution is 2.17. The molecule has 4 N–H and O–H groups in total. The van der Waals surface area contributed by atoms with Crippen LogP contribution in [0.15, 0.2) is 29.4 Å². The van der Waals surface area contributed by atoms with E-state index in [1.807, 2.05) is 0 Å². The minimum absolute atomic E-state index is 0.00644. The molecule has 1 rings (SSSR count). The number of rotatable bonds is 4. The highest BCUT2D eigenvalue weighted by atomic mass is 16.5. The van der Waals surface area contributed by atoms with Crippen LogP contribution in [0.25, 0.3) is 0 Å². The van der Waals surface area contributed by atoms with Gasteiger partial charge < -0.3 is 20.8 Å². The van der Waals surface area contributed by atoms with Crippen molar-refractivity contribution in [3.63, 3.8) is 0 Å². The monoisotopic (exact) mass is 196 g/mol. The lowest BCUT2D eigenvalue weighted by Crippen LogP contribution is -2.21. The van der Waals surface area contributed by atoms with Gasteiger partial charge in [0.15, 0.2) is 5.84 Å². The lowest BCUT2D eigenvalue weighted by Gasteiger charge is -2.08. The molecule has 0 fully saturated rings. The van der Waals surface area contributed by atoms with Crippen LogP contribution in [0.3, 0.4) is 0 Å². The minimum atomic E-state index is -0.105. The van der Waals surface area contributed by atoms with Crippen LogP contribution in [-0.2, 0) is 6.61 Å². The van der Waals surface area contributed by atoms with Crippen molar-refractivity contribution >= 4 is 5.84 Å². The number of hydrogen-bond donors (Lipinski definition) is 3. The van der Waals surface area contributed by atoms with Crippen molar-refractivity contribution in [1.82, 2.24) is 0 Å². The first-order valence-corrected chi connectivity index (χ1v) is 4.06. The van der Waals surface area contributed by atoms with Crippen LogP contribution in [0.2, 0.25) is 0 Å². The Bertz CT molecular complexity index is 326. The first-order valence-electron chi connectivity index (χ1n) is 4.06. The molecular formula is C9H12N2O3. The van der Waals surface area contributed by atoms with Crippen molar-refractivity contribution in [1.29, 1.82) is 0 Å². The SMILES string of the molecule is NC(COc1ccccc1CO)=NO. The zero-order valence-corrected chi connectivity index (χ0v) is 7.55. The zero-order chi connectivity index (χ0) is 10.4. The standard InChI is InChI=1S/C9H12N2O3/c10-9(11-13)6-14-8-4-2-1-3-7(8)5-12/h1-4,12-13H,5-6H2,(H2,10,11). The lowest BCUT2D eigenvalue weighted by atomic mass is 10.2. The Morgan fingerprint density at radius 1 is 1.43 bits per heavy atom. The fourth-order valence-corrected chi connectivity index (χ4v) is 0.956. The van der Waals surface area contributed by atoms with Gasteiger partial charge in [0.1, 0.15) is 12.4 Å². The van der Waals surface area contributed by atoms with Gasteiger partial charge in [-0.05, 0) is 6.07 Å². The summed E-state index contributed by atoms with van der Waals surface area (Å²) in [6.07, 6.45) is 0. The van der Waals surface area contributed by atoms with Gasteiger partial charge in [-0.3, -0.25) is 0 Å². The molecule has 0 spiro atoms. The van der Waals surface area contributed by atoms with Gasteiger partial charge in [0.05, 0.1) is 6.61 Å². The average Bonchev–Trinajstić information content (AvgIpc) is 2.26. The summed E-state index contributed by atoms with van der Waals surface area (Å²) in [6.45, 7) is -0.111. The van der Waals surface area contributed by atoms with Crippen molar-refractivity contribution in [3.05, 3.63) is 29.8 Å². The summed E-state index contributed by atoms with van der Waals surface area (Å²) < 4.78 is 5.20. The number of para-hydroxylation sites is 1. The summed E-state index contributed by atoms with van der Waals surface area (Å²) in [5.41, 5.74) is 5.89. The second kappa shape index (κ2) is 5.08. The van der Waals surface area contributed by atoms with Crippen LogP contribution in [0.5, 0.6) is 5.75 Å². The Labute approximate surface area is 81.4 Å². The van der Waals surface area contributed by atoms with E-state index in [0.29, 0.717) is 11.3 Å². The maximum atomic E-state index is 8.95. The molecule has 76 valence electrons. The number of aliphatic hydroxyl groups is 1. The Kier molecular flexibility index (Phi) is 3.75. The molecule has 0 aromatic heterocycles. The van der Waals surface area contributed by atoms with Crippen molar-refractivity contribution < 1.29 is 15.1 Å². The predicted octanol–water partition coefficient (Wildman–Crippen LogP) is 0.304. The van der Waals surface area contributed by atoms with Crippen molar-refractivity contribution in [2.45, 2.75) is 6.61 Å². The third-order valence-corrected chi connectivity index (χ3v) is 1.65. The van der Waals surface area contributed by atoms with Gasteiger partial charge in [-0.1, -0.05) is 23.4 Å². The Morgan fingerprint density at radius 3 is 2.79 bits per heavy atom. The Balaban J connectivity index is 2.66. The van der Waals surface area contributed by atoms with Gasteiger partial charge in [0.25, 0.3) is 0 Å². The van der Waals surface area contributed by atoms with Crippen molar-refractivity contribution in [3.8, 4) is 5.75 Å². The lowest BCUT2D eigenvalue weighted by molar-refractivity contribution is 0.269. The van der Waals surface area contributed by atoms with Crippen molar-refractivity contribution in [2.24, 2.45) is 10.9 Å². The summed E-state index contributed by atoms with van der Waals surface area (Å²) in [7, 11) is 0. The second-order valence-electron chi connectivity index (χ2n) is 2.65. The maximum Gasteiger partial charge on any atom is 0.177 e. The average molecular weight is 196 g/mol. The smallest absolute Gasteiger partial charge is 0.177 e. The van der Waals surface area contributed by atoms with Crippen molar-refractivity contribution in [2.75, 3.05) is 6.61 Å². The second-order valence-corrected chi connectivity index (χ2v) is 2.65. The van der Waals surface area contributed by atoms with E-state index in [1.54, 1.807) is 24.3 Å². The van der Waals surface area contributed by atoms with E-state index >= 15 is 0 Å². The summed E-state index contributed by atoms with van der Waals surface area (Å²) >= 11 is 0. The predicted molar refractivity (Wildman–Crippen MR) is 51.3 cm³/mol. The number of nitrogens with zero attached hydrogens (tertiary/aromatic N) is 1. The number of benzene rings is 1. The summed E-state index contributed by atoms with van der Waals surface area (Å²) in [4.78, 5) is 0. The molecule has 0 amide bonds. The molecule has 0 unspecified atom stereocenters. The largest absolute Gasteiger partial charge is 0.485 e. The van der Waals surface area contributed by atoms with E-state index in [1.165, 1.54) is 0 Å². The number of oxime groups is 1. The highest BCUT2D eigenvalue weighted by Gasteiger charge is 2.02. The molecule has 5 heteroatoms. The summed E-state index contributed by atoms with van der Waals surface area (Å²) in [5, 5.41) is 20.0. The van der Waals surface area contributed by atoms with E-state index in [4.69, 9.17) is 20.8 Å². The molecule has 0 atom stereocenters. The minimum Gasteiger partial charge on any atom is -0.485 e. The molecule has 0 aliphatic carbocycles. The van der Waals surface area contributed by atoms with Gasteiger partial charge in [0, 0.05) is 5.56 Å². The molecule has 1 aromatic rings. The van der Waals surface area contributed by atoms with E-state index < -0.39 is 0 Å². The number of hydrogen-bond acceptors (Lipinski definition) is 4. The number of nitrogens with two attached hydrogens (primary N) is 1. The Hall–Kier alpha value is -1.75. The van der Waals surface area contributed by atoms with Gasteiger partial charge in [0.2, 0.25) is 0 Å². The van der Waals surface area contributed by atoms with Crippen LogP contribution in [0.1, 0.15) is 5.56 Å². The molecular weight excluding hydrogens is 184 g/mol. The third-order valence-electron chi connectivity index (χ3n) is 1.65. The molecule has 0 saturated heterocycles. The quantitative estimate of drug-likeness (QED) is 0.280. The van der Waals surface area contributed by atoms with Crippen LogP contribution in [0, 0.1) is 0 Å². The summed E-state index contributed by atoms with van der Waals surface area (Å²) in [5.74, 6) is 0.513. The van der Waals surface area contributed by atoms with E-state index in [0.717, 1.165) is 0 Å². The summed E-state index contributed by atoms with van der Waals surface area (Å²) in [6, 6.07) is 7.01. The van der Waals surface area contributed by atoms with Crippen LogP contribution < -0.4 is 10.5 Å². The molecule has 0 radical (unpaired) electrons. The molecule has 0 saturated carbocycles. The van der Waals surface area contributed by atoms with Crippen LogP contribution in [-0.4, -0.2) is 22.8 Å². The molecule has 0 bridgehead atoms. The molecule has 14 heavy (non-hydrogen) atoms. The molecule has 0 heterocycles. The van der Waals surface area contributed by atoms with Gasteiger partial charge in [-0.25, -0.2) is 0 Å². The van der Waals surface area contributed by atoms with Gasteiger partial charge in [-0.2, -0.15) is 0 Å². The van der Waals surface area contributed by atoms with E-state index in [-0.39, 0.29) is 19.0 Å². The highest BCUT2D eigenvalue weighted by molar-refractivity contribution is 5.81. The van der Waals surface area contributed by atoms with Gasteiger partial charge >= 0.3 is 0 Å². The molecule has 0 aliphatic heterocycles. The zero-order valence-electron chi connectivity index (χ0n) is 7.55. The fraction of sp³-hybridized carbons (Fsp3) is 0.222. The van der Waals surface area contributed by atoms with Crippen LogP contribution >= 0.6 is 0 Å². The third kappa shape index (κ3) is 2.63. The Morgan fingerprint density at radius 2 is 2.14 bits per heavy atom. The molecule has 0 aliphatic rings. The number of aliphatic hydroxyl groups excluding tert-OH is 1. The first kappa shape index (κ1) is 10.3. The molecule has 1 aromatic carbocycles. The molecule has 5 nitrogen and oxygen atoms in total. The first-order chi connectivity index (χ1) is 6.77. The van der Waals surface area contributed by atoms with Crippen LogP contribution in [0.4, 0.5) is 0 Å². The number of ether oxygens (including phenoxy) is 1. The normalized spacial score (nSPS) is 11.4. The van der Waals surface area contributed by atoms with E-state index in [2.05, 4.69) is 5.16 Å². The van der Waals surface area contributed by atoms with E-state index in [9.17, 15) is 0 Å². The maximum absolute atomic E-state index is 8.95. The fourth-order valence-electron chi connectivity index (χ4n) is 0.956. The number of amidine groups is 1.